The molecule has 9 nitrogen and oxygen atoms in total. The number of carbonyl (C=O) groups is 1. The summed E-state index contributed by atoms with van der Waals surface area (Å²) in [5, 5.41) is 2.63. The molecule has 0 bridgehead atoms. The van der Waals surface area contributed by atoms with E-state index in [9.17, 15) is 4.79 Å². The third-order valence-corrected chi connectivity index (χ3v) is 3.87. The first-order valence-corrected chi connectivity index (χ1v) is 11.3. The van der Waals surface area contributed by atoms with Gasteiger partial charge in [-0.1, -0.05) is 20.3 Å². The molecule has 0 rings (SSSR count). The van der Waals surface area contributed by atoms with Gasteiger partial charge in [-0.15, -0.1) is 0 Å². The highest BCUT2D eigenvalue weighted by Gasteiger charge is 2.15. The summed E-state index contributed by atoms with van der Waals surface area (Å²) in [7, 11) is 0. The molecule has 0 aliphatic rings. The fraction of sp³-hybridized carbons (Fsp3) is 0.955. The zero-order chi connectivity index (χ0) is 23.2. The molecule has 1 amide bonds. The van der Waals surface area contributed by atoms with Gasteiger partial charge >= 0.3 is 6.09 Å². The first-order valence-electron chi connectivity index (χ1n) is 11.3. The number of nitrogens with one attached hydrogen (secondary N) is 1. The smallest absolute Gasteiger partial charge is 0.407 e. The predicted octanol–water partition coefficient (Wildman–Crippen LogP) is 2.66. The van der Waals surface area contributed by atoms with Crippen LogP contribution in [0.2, 0.25) is 0 Å². The first kappa shape index (κ1) is 30.0. The fourth-order valence-electron chi connectivity index (χ4n) is 2.04. The molecule has 1 N–H and O–H groups in total. The second-order valence-corrected chi connectivity index (χ2v) is 8.08. The molecule has 186 valence electrons. The van der Waals surface area contributed by atoms with Gasteiger partial charge in [0.15, 0.2) is 0 Å². The minimum absolute atomic E-state index is 0.398. The highest BCUT2D eigenvalue weighted by atomic mass is 16.6. The van der Waals surface area contributed by atoms with Crippen molar-refractivity contribution >= 4 is 6.09 Å². The zero-order valence-electron chi connectivity index (χ0n) is 20.2. The number of carbonyl (C=O) groups excluding carboxylic acids is 1. The van der Waals surface area contributed by atoms with Crippen LogP contribution in [0.15, 0.2) is 0 Å². The average molecular weight is 452 g/mol. The summed E-state index contributed by atoms with van der Waals surface area (Å²) in [6.45, 7) is 16.7. The molecule has 0 radical (unpaired) electrons. The Balaban J connectivity index is 3.13. The van der Waals surface area contributed by atoms with Gasteiger partial charge in [-0.2, -0.15) is 0 Å². The van der Waals surface area contributed by atoms with Crippen molar-refractivity contribution in [3.8, 4) is 0 Å². The molecule has 0 aromatic heterocycles. The van der Waals surface area contributed by atoms with Gasteiger partial charge in [0.1, 0.15) is 5.60 Å². The van der Waals surface area contributed by atoms with E-state index in [2.05, 4.69) is 19.2 Å². The molecule has 1 unspecified atom stereocenters. The van der Waals surface area contributed by atoms with Crippen molar-refractivity contribution in [2.75, 3.05) is 85.8 Å². The Hall–Kier alpha value is -0.970. The lowest BCUT2D eigenvalue weighted by molar-refractivity contribution is -0.0181. The van der Waals surface area contributed by atoms with Crippen LogP contribution in [0.1, 0.15) is 41.0 Å². The van der Waals surface area contributed by atoms with Crippen LogP contribution in [0.4, 0.5) is 4.79 Å². The molecule has 9 heteroatoms. The van der Waals surface area contributed by atoms with Crippen LogP contribution in [0.5, 0.6) is 0 Å². The van der Waals surface area contributed by atoms with E-state index in [0.29, 0.717) is 85.1 Å². The van der Waals surface area contributed by atoms with Crippen molar-refractivity contribution in [3.63, 3.8) is 0 Å². The molecule has 0 aromatic carbocycles. The van der Waals surface area contributed by atoms with Gasteiger partial charge in [-0.25, -0.2) is 4.79 Å². The molecule has 0 spiro atoms. The molecule has 0 heterocycles. The summed E-state index contributed by atoms with van der Waals surface area (Å²) < 4.78 is 37.7. The molecule has 31 heavy (non-hydrogen) atoms. The molecule has 0 fully saturated rings. The van der Waals surface area contributed by atoms with Crippen molar-refractivity contribution in [2.45, 2.75) is 46.6 Å². The summed E-state index contributed by atoms with van der Waals surface area (Å²) in [6.07, 6.45) is 0.691. The molecule has 0 saturated carbocycles. The van der Waals surface area contributed by atoms with E-state index in [-0.39, 0.29) is 0 Å². The fourth-order valence-corrected chi connectivity index (χ4v) is 2.04. The first-order chi connectivity index (χ1) is 14.8. The van der Waals surface area contributed by atoms with E-state index in [1.807, 2.05) is 20.8 Å². The maximum Gasteiger partial charge on any atom is 0.407 e. The van der Waals surface area contributed by atoms with Gasteiger partial charge < -0.3 is 38.5 Å². The lowest BCUT2D eigenvalue weighted by Gasteiger charge is -2.19. The summed E-state index contributed by atoms with van der Waals surface area (Å²) in [4.78, 5) is 11.4. The molecule has 0 aliphatic carbocycles. The van der Waals surface area contributed by atoms with Crippen molar-refractivity contribution in [2.24, 2.45) is 5.92 Å². The lowest BCUT2D eigenvalue weighted by atomic mass is 10.1. The Kier molecular flexibility index (Phi) is 20.3. The van der Waals surface area contributed by atoms with E-state index in [4.69, 9.17) is 33.2 Å². The summed E-state index contributed by atoms with van der Waals surface area (Å²) in [5.41, 5.74) is -0.496. The van der Waals surface area contributed by atoms with Gasteiger partial charge in [-0.05, 0) is 26.7 Å². The van der Waals surface area contributed by atoms with Crippen LogP contribution >= 0.6 is 0 Å². The van der Waals surface area contributed by atoms with Crippen LogP contribution in [-0.2, 0) is 33.2 Å². The van der Waals surface area contributed by atoms with Crippen LogP contribution in [-0.4, -0.2) is 97.5 Å². The Morgan fingerprint density at radius 3 is 1.48 bits per heavy atom. The Morgan fingerprint density at radius 2 is 1.10 bits per heavy atom. The molecular weight excluding hydrogens is 406 g/mol. The third-order valence-electron chi connectivity index (χ3n) is 3.87. The molecular formula is C22H45NO8. The Morgan fingerprint density at radius 1 is 0.710 bits per heavy atom. The van der Waals surface area contributed by atoms with Crippen molar-refractivity contribution in [1.82, 2.24) is 5.32 Å². The molecule has 0 saturated heterocycles. The number of amides is 1. The van der Waals surface area contributed by atoms with E-state index >= 15 is 0 Å². The second kappa shape index (κ2) is 20.9. The monoisotopic (exact) mass is 451 g/mol. The standard InChI is InChI=1S/C22H45NO8/c1-6-20(2)19-30-18-17-29-16-15-28-14-13-27-12-11-26-10-9-25-8-7-23-21(24)31-22(3,4)5/h20H,6-19H2,1-5H3,(H,23,24). The van der Waals surface area contributed by atoms with Crippen LogP contribution in [0, 0.1) is 5.92 Å². The molecule has 0 aromatic rings. The average Bonchev–Trinajstić information content (AvgIpc) is 2.70. The van der Waals surface area contributed by atoms with Crippen molar-refractivity contribution in [3.05, 3.63) is 0 Å². The van der Waals surface area contributed by atoms with Gasteiger partial charge in [0.25, 0.3) is 0 Å². The second-order valence-electron chi connectivity index (χ2n) is 8.08. The quantitative estimate of drug-likeness (QED) is 0.266. The minimum Gasteiger partial charge on any atom is -0.444 e. The summed E-state index contributed by atoms with van der Waals surface area (Å²) in [6, 6.07) is 0. The van der Waals surface area contributed by atoms with Gasteiger partial charge in [-0.3, -0.25) is 0 Å². The number of ether oxygens (including phenoxy) is 7. The maximum absolute atomic E-state index is 11.4. The van der Waals surface area contributed by atoms with Crippen LogP contribution in [0.25, 0.3) is 0 Å². The van der Waals surface area contributed by atoms with E-state index in [0.717, 1.165) is 13.0 Å². The number of rotatable bonds is 21. The largest absolute Gasteiger partial charge is 0.444 e. The maximum atomic E-state index is 11.4. The van der Waals surface area contributed by atoms with E-state index in [1.165, 1.54) is 0 Å². The minimum atomic E-state index is -0.496. The zero-order valence-corrected chi connectivity index (χ0v) is 20.2. The number of alkyl carbamates (subject to hydrolysis) is 1. The highest BCUT2D eigenvalue weighted by Crippen LogP contribution is 2.06. The normalized spacial score (nSPS) is 12.7. The number of hydrogen-bond donors (Lipinski definition) is 1. The van der Waals surface area contributed by atoms with Gasteiger partial charge in [0, 0.05) is 13.2 Å². The highest BCUT2D eigenvalue weighted by molar-refractivity contribution is 5.67. The van der Waals surface area contributed by atoms with Crippen LogP contribution < -0.4 is 5.32 Å². The van der Waals surface area contributed by atoms with Crippen molar-refractivity contribution < 1.29 is 38.0 Å². The topological polar surface area (TPSA) is 93.7 Å². The summed E-state index contributed by atoms with van der Waals surface area (Å²) in [5.74, 6) is 0.599. The van der Waals surface area contributed by atoms with Gasteiger partial charge in [0.05, 0.1) is 72.7 Å². The van der Waals surface area contributed by atoms with Gasteiger partial charge in [0.2, 0.25) is 0 Å². The molecule has 1 atom stereocenters. The Labute approximate surface area is 188 Å². The van der Waals surface area contributed by atoms with E-state index < -0.39 is 11.7 Å². The Bertz CT molecular complexity index is 403. The number of hydrogen-bond acceptors (Lipinski definition) is 8. The third kappa shape index (κ3) is 25.2. The van der Waals surface area contributed by atoms with E-state index in [1.54, 1.807) is 0 Å². The SMILES string of the molecule is CCC(C)COCCOCCOCCOCCOCCOCCNC(=O)OC(C)(C)C. The summed E-state index contributed by atoms with van der Waals surface area (Å²) >= 11 is 0. The predicted molar refractivity (Wildman–Crippen MR) is 119 cm³/mol. The molecule has 0 aliphatic heterocycles. The van der Waals surface area contributed by atoms with Crippen molar-refractivity contribution in [1.29, 1.82) is 0 Å². The lowest BCUT2D eigenvalue weighted by Crippen LogP contribution is -2.34. The van der Waals surface area contributed by atoms with Crippen LogP contribution in [0.3, 0.4) is 0 Å².